The van der Waals surface area contributed by atoms with E-state index >= 15 is 0 Å². The summed E-state index contributed by atoms with van der Waals surface area (Å²) in [6, 6.07) is 0. The van der Waals surface area contributed by atoms with Gasteiger partial charge in [-0.1, -0.05) is 0 Å². The van der Waals surface area contributed by atoms with Crippen LogP contribution in [-0.4, -0.2) is 42.0 Å². The third-order valence-electron chi connectivity index (χ3n) is 1.02. The Balaban J connectivity index is 4.54. The predicted molar refractivity (Wildman–Crippen MR) is 39.1 cm³/mol. The summed E-state index contributed by atoms with van der Waals surface area (Å²) < 4.78 is 56.4. The molecule has 14 heavy (non-hydrogen) atoms. The van der Waals surface area contributed by atoms with Crippen LogP contribution in [-0.2, 0) is 19.6 Å². The minimum atomic E-state index is -5.84. The van der Waals surface area contributed by atoms with Gasteiger partial charge in [-0.25, -0.2) is 4.79 Å². The van der Waals surface area contributed by atoms with Crippen molar-refractivity contribution in [1.29, 1.82) is 0 Å². The molecule has 2 N–H and O–H groups in total. The van der Waals surface area contributed by atoms with Gasteiger partial charge in [0.25, 0.3) is 0 Å². The van der Waals surface area contributed by atoms with Gasteiger partial charge in [-0.2, -0.15) is 17.2 Å². The molecule has 0 aliphatic rings. The van der Waals surface area contributed by atoms with Gasteiger partial charge in [0.2, 0.25) is 0 Å². The summed E-state index contributed by atoms with van der Waals surface area (Å²) in [6.45, 7) is 0.350. The first-order valence-electron chi connectivity index (χ1n) is 3.29. The molecular formula is C5H8F2O6S. The number of alkyl halides is 2. The Kier molecular flexibility index (Phi) is 3.91. The Morgan fingerprint density at radius 2 is 2.00 bits per heavy atom. The summed E-state index contributed by atoms with van der Waals surface area (Å²) in [5.41, 5.74) is 0. The molecule has 0 aromatic rings. The van der Waals surface area contributed by atoms with Crippen molar-refractivity contribution >= 4 is 16.1 Å². The Morgan fingerprint density at radius 3 is 2.29 bits per heavy atom. The first-order valence-corrected chi connectivity index (χ1v) is 4.73. The van der Waals surface area contributed by atoms with Crippen LogP contribution in [0.25, 0.3) is 0 Å². The monoisotopic (exact) mass is 234 g/mol. The predicted octanol–water partition coefficient (Wildman–Crippen LogP) is -0.609. The van der Waals surface area contributed by atoms with E-state index in [1.54, 1.807) is 0 Å². The number of aliphatic hydroxyl groups is 1. The lowest BCUT2D eigenvalue weighted by atomic mass is 10.4. The molecule has 0 aromatic heterocycles. The molecule has 0 amide bonds. The highest BCUT2D eigenvalue weighted by molar-refractivity contribution is 7.87. The van der Waals surface area contributed by atoms with Crippen LogP contribution < -0.4 is 0 Å². The molecule has 1 unspecified atom stereocenters. The second-order valence-corrected chi connectivity index (χ2v) is 3.90. The Hall–Kier alpha value is -0.800. The van der Waals surface area contributed by atoms with Crippen molar-refractivity contribution in [2.45, 2.75) is 18.3 Å². The van der Waals surface area contributed by atoms with E-state index < -0.39 is 34.1 Å². The number of hydrogen-bond donors (Lipinski definition) is 2. The third-order valence-corrected chi connectivity index (χ3v) is 1.83. The highest BCUT2D eigenvalue weighted by Crippen LogP contribution is 2.21. The smallest absolute Gasteiger partial charge is 0.458 e. The summed E-state index contributed by atoms with van der Waals surface area (Å²) in [5, 5.41) is 3.52. The van der Waals surface area contributed by atoms with E-state index in [0.717, 1.165) is 6.92 Å². The summed E-state index contributed by atoms with van der Waals surface area (Å²) >= 11 is 0. The van der Waals surface area contributed by atoms with Crippen molar-refractivity contribution in [3.8, 4) is 0 Å². The number of rotatable bonds is 4. The van der Waals surface area contributed by atoms with Crippen LogP contribution in [0.5, 0.6) is 0 Å². The lowest BCUT2D eigenvalue weighted by Crippen LogP contribution is -2.39. The molecule has 0 rings (SSSR count). The molecule has 0 aliphatic carbocycles. The molecule has 0 saturated heterocycles. The van der Waals surface area contributed by atoms with Crippen LogP contribution in [0.2, 0.25) is 0 Å². The van der Waals surface area contributed by atoms with Crippen molar-refractivity contribution < 1.29 is 36.4 Å². The number of halogens is 2. The van der Waals surface area contributed by atoms with Crippen molar-refractivity contribution in [1.82, 2.24) is 0 Å². The molecule has 0 heterocycles. The molecule has 1 atom stereocenters. The topological polar surface area (TPSA) is 101 Å². The number of carbonyl (C=O) groups is 1. The molecule has 0 aromatic carbocycles. The molecule has 9 heteroatoms. The Bertz CT molecular complexity index is 308. The van der Waals surface area contributed by atoms with Crippen LogP contribution >= 0.6 is 0 Å². The molecule has 0 fully saturated rings. The fraction of sp³-hybridized carbons (Fsp3) is 0.800. The Morgan fingerprint density at radius 1 is 1.57 bits per heavy atom. The van der Waals surface area contributed by atoms with Gasteiger partial charge < -0.3 is 9.84 Å². The number of ether oxygens (including phenoxy) is 1. The molecule has 0 aliphatic heterocycles. The second-order valence-electron chi connectivity index (χ2n) is 2.44. The van der Waals surface area contributed by atoms with E-state index in [1.807, 2.05) is 0 Å². The lowest BCUT2D eigenvalue weighted by Gasteiger charge is -2.12. The maximum absolute atomic E-state index is 12.4. The van der Waals surface area contributed by atoms with E-state index in [1.165, 1.54) is 0 Å². The van der Waals surface area contributed by atoms with E-state index in [-0.39, 0.29) is 0 Å². The molecule has 0 saturated carbocycles. The van der Waals surface area contributed by atoms with Gasteiger partial charge in [0.15, 0.2) is 0 Å². The van der Waals surface area contributed by atoms with E-state index in [9.17, 15) is 22.0 Å². The van der Waals surface area contributed by atoms with Gasteiger partial charge in [-0.15, -0.1) is 0 Å². The SMILES string of the molecule is CC(O)COC(=O)C(F)(F)S(=O)(=O)O. The third kappa shape index (κ3) is 3.16. The van der Waals surface area contributed by atoms with Gasteiger partial charge in [0.1, 0.15) is 6.61 Å². The van der Waals surface area contributed by atoms with Crippen LogP contribution in [0.15, 0.2) is 0 Å². The standard InChI is InChI=1S/C5H8F2O6S/c1-3(8)2-13-4(9)5(6,7)14(10,11)12/h3,8H,2H2,1H3,(H,10,11,12). The maximum atomic E-state index is 12.4. The highest BCUT2D eigenvalue weighted by Gasteiger charge is 2.54. The maximum Gasteiger partial charge on any atom is 0.465 e. The number of aliphatic hydroxyl groups excluding tert-OH is 1. The van der Waals surface area contributed by atoms with Crippen molar-refractivity contribution in [2.24, 2.45) is 0 Å². The van der Waals surface area contributed by atoms with E-state index in [4.69, 9.17) is 9.66 Å². The number of hydrogen-bond acceptors (Lipinski definition) is 5. The Labute approximate surface area is 78.2 Å². The summed E-state index contributed by atoms with van der Waals surface area (Å²) in [4.78, 5) is 10.4. The number of esters is 1. The zero-order valence-corrected chi connectivity index (χ0v) is 7.79. The molecule has 0 radical (unpaired) electrons. The first-order chi connectivity index (χ1) is 6.09. The second kappa shape index (κ2) is 4.15. The quantitative estimate of drug-likeness (QED) is 0.497. The zero-order chi connectivity index (χ0) is 11.6. The highest BCUT2D eigenvalue weighted by atomic mass is 32.2. The summed E-state index contributed by atoms with van der Waals surface area (Å²) in [7, 11) is -5.84. The van der Waals surface area contributed by atoms with Crippen molar-refractivity contribution in [3.63, 3.8) is 0 Å². The summed E-state index contributed by atoms with van der Waals surface area (Å²) in [6.07, 6.45) is -1.21. The molecular weight excluding hydrogens is 226 g/mol. The van der Waals surface area contributed by atoms with Crippen LogP contribution in [0.3, 0.4) is 0 Å². The molecule has 84 valence electrons. The van der Waals surface area contributed by atoms with Crippen LogP contribution in [0, 0.1) is 0 Å². The summed E-state index contributed by atoms with van der Waals surface area (Å²) in [5.74, 6) is -2.43. The number of carbonyl (C=O) groups excluding carboxylic acids is 1. The normalized spacial score (nSPS) is 14.9. The van der Waals surface area contributed by atoms with E-state index in [0.29, 0.717) is 0 Å². The van der Waals surface area contributed by atoms with Gasteiger partial charge in [-0.3, -0.25) is 4.55 Å². The van der Waals surface area contributed by atoms with Crippen molar-refractivity contribution in [3.05, 3.63) is 0 Å². The first kappa shape index (κ1) is 13.2. The minimum absolute atomic E-state index is 0.788. The lowest BCUT2D eigenvalue weighted by molar-refractivity contribution is -0.164. The van der Waals surface area contributed by atoms with Gasteiger partial charge in [0, 0.05) is 0 Å². The average molecular weight is 234 g/mol. The van der Waals surface area contributed by atoms with Gasteiger partial charge in [-0.05, 0) is 6.92 Å². The molecule has 0 spiro atoms. The largest absolute Gasteiger partial charge is 0.465 e. The molecule has 6 nitrogen and oxygen atoms in total. The molecule has 0 bridgehead atoms. The van der Waals surface area contributed by atoms with Gasteiger partial charge >= 0.3 is 21.3 Å². The average Bonchev–Trinajstić information content (AvgIpc) is 1.97. The zero-order valence-electron chi connectivity index (χ0n) is 6.98. The fourth-order valence-electron chi connectivity index (χ4n) is 0.386. The van der Waals surface area contributed by atoms with Crippen molar-refractivity contribution in [2.75, 3.05) is 6.61 Å². The van der Waals surface area contributed by atoms with Crippen LogP contribution in [0.4, 0.5) is 8.78 Å². The van der Waals surface area contributed by atoms with Crippen LogP contribution in [0.1, 0.15) is 6.92 Å². The fourth-order valence-corrected chi connectivity index (χ4v) is 0.655. The van der Waals surface area contributed by atoms with E-state index in [2.05, 4.69) is 4.74 Å². The minimum Gasteiger partial charge on any atom is -0.458 e. The van der Waals surface area contributed by atoms with Gasteiger partial charge in [0.05, 0.1) is 6.10 Å².